The van der Waals surface area contributed by atoms with Gasteiger partial charge >= 0.3 is 0 Å². The molecule has 2 rings (SSSR count). The number of carbonyl (C=O) groups is 1. The summed E-state index contributed by atoms with van der Waals surface area (Å²) in [4.78, 5) is 11.7. The smallest absolute Gasteiger partial charge is 0.239 e. The van der Waals surface area contributed by atoms with Crippen molar-refractivity contribution in [1.29, 1.82) is 0 Å². The Labute approximate surface area is 94.5 Å². The van der Waals surface area contributed by atoms with Gasteiger partial charge in [0.2, 0.25) is 5.91 Å². The SMILES string of the molecule is CSC1(CNC(=O)C2COCCN2)CC1. The van der Waals surface area contributed by atoms with Crippen molar-refractivity contribution >= 4 is 17.7 Å². The first-order chi connectivity index (χ1) is 7.26. The normalized spacial score (nSPS) is 28.5. The van der Waals surface area contributed by atoms with Crippen LogP contribution in [0, 0.1) is 0 Å². The first kappa shape index (κ1) is 11.2. The van der Waals surface area contributed by atoms with Crippen LogP contribution in [0.1, 0.15) is 12.8 Å². The van der Waals surface area contributed by atoms with Crippen molar-refractivity contribution in [3.8, 4) is 0 Å². The minimum atomic E-state index is -0.156. The van der Waals surface area contributed by atoms with Gasteiger partial charge in [0.1, 0.15) is 6.04 Å². The summed E-state index contributed by atoms with van der Waals surface area (Å²) in [6.45, 7) is 2.77. The van der Waals surface area contributed by atoms with Crippen LogP contribution in [0.2, 0.25) is 0 Å². The zero-order valence-corrected chi connectivity index (χ0v) is 9.86. The molecule has 0 spiro atoms. The van der Waals surface area contributed by atoms with E-state index >= 15 is 0 Å². The van der Waals surface area contributed by atoms with E-state index in [1.165, 1.54) is 12.8 Å². The van der Waals surface area contributed by atoms with Gasteiger partial charge in [0.15, 0.2) is 0 Å². The molecule has 2 fully saturated rings. The Hall–Kier alpha value is -0.260. The molecule has 0 aromatic carbocycles. The molecule has 15 heavy (non-hydrogen) atoms. The second-order valence-corrected chi connectivity index (χ2v) is 5.46. The maximum atomic E-state index is 11.7. The number of nitrogens with one attached hydrogen (secondary N) is 2. The van der Waals surface area contributed by atoms with Crippen LogP contribution >= 0.6 is 11.8 Å². The highest BCUT2D eigenvalue weighted by Crippen LogP contribution is 2.46. The van der Waals surface area contributed by atoms with E-state index in [1.54, 1.807) is 0 Å². The Morgan fingerprint density at radius 3 is 3.00 bits per heavy atom. The van der Waals surface area contributed by atoms with Crippen LogP contribution in [0.5, 0.6) is 0 Å². The number of hydrogen-bond acceptors (Lipinski definition) is 4. The number of morpholine rings is 1. The molecular weight excluding hydrogens is 212 g/mol. The van der Waals surface area contributed by atoms with E-state index in [4.69, 9.17) is 4.74 Å². The monoisotopic (exact) mass is 230 g/mol. The molecule has 2 N–H and O–H groups in total. The quantitative estimate of drug-likeness (QED) is 0.713. The van der Waals surface area contributed by atoms with Crippen molar-refractivity contribution in [2.24, 2.45) is 0 Å². The second kappa shape index (κ2) is 4.72. The first-order valence-electron chi connectivity index (χ1n) is 5.40. The molecule has 0 radical (unpaired) electrons. The molecule has 1 heterocycles. The standard InChI is InChI=1S/C10H18N2O2S/c1-15-10(2-3-10)7-12-9(13)8-6-14-5-4-11-8/h8,11H,2-7H2,1H3,(H,12,13). The number of thioether (sulfide) groups is 1. The van der Waals surface area contributed by atoms with Crippen molar-refractivity contribution in [3.63, 3.8) is 0 Å². The zero-order chi connectivity index (χ0) is 10.7. The van der Waals surface area contributed by atoms with E-state index in [2.05, 4.69) is 16.9 Å². The fraction of sp³-hybridized carbons (Fsp3) is 0.900. The third-order valence-electron chi connectivity index (χ3n) is 3.06. The van der Waals surface area contributed by atoms with E-state index in [9.17, 15) is 4.79 Å². The maximum Gasteiger partial charge on any atom is 0.239 e. The summed E-state index contributed by atoms with van der Waals surface area (Å²) in [5, 5.41) is 6.15. The van der Waals surface area contributed by atoms with Gasteiger partial charge in [-0.3, -0.25) is 4.79 Å². The lowest BCUT2D eigenvalue weighted by molar-refractivity contribution is -0.125. The Morgan fingerprint density at radius 1 is 1.67 bits per heavy atom. The Morgan fingerprint density at radius 2 is 2.47 bits per heavy atom. The fourth-order valence-corrected chi connectivity index (χ4v) is 2.42. The van der Waals surface area contributed by atoms with Gasteiger partial charge in [0.05, 0.1) is 13.2 Å². The summed E-state index contributed by atoms with van der Waals surface area (Å²) >= 11 is 1.86. The van der Waals surface area contributed by atoms with Crippen LogP contribution in [0.4, 0.5) is 0 Å². The molecule has 0 aromatic heterocycles. The molecule has 86 valence electrons. The van der Waals surface area contributed by atoms with Gasteiger partial charge in [0, 0.05) is 17.8 Å². The van der Waals surface area contributed by atoms with Gasteiger partial charge in [-0.15, -0.1) is 0 Å². The molecule has 1 unspecified atom stereocenters. The summed E-state index contributed by atoms with van der Waals surface area (Å²) in [5.74, 6) is 0.0787. The molecule has 4 nitrogen and oxygen atoms in total. The lowest BCUT2D eigenvalue weighted by Gasteiger charge is -2.24. The van der Waals surface area contributed by atoms with Crippen molar-refractivity contribution in [1.82, 2.24) is 10.6 Å². The molecule has 1 saturated heterocycles. The molecule has 0 aromatic rings. The highest BCUT2D eigenvalue weighted by atomic mass is 32.2. The predicted octanol–water partition coefficient (Wildman–Crippen LogP) is -0.0134. The van der Waals surface area contributed by atoms with Gasteiger partial charge in [-0.2, -0.15) is 11.8 Å². The molecular formula is C10H18N2O2S. The molecule has 1 aliphatic carbocycles. The summed E-state index contributed by atoms with van der Waals surface area (Å²) < 4.78 is 5.59. The minimum Gasteiger partial charge on any atom is -0.378 e. The van der Waals surface area contributed by atoms with Crippen LogP contribution in [-0.4, -0.2) is 49.3 Å². The van der Waals surface area contributed by atoms with Crippen molar-refractivity contribution in [2.45, 2.75) is 23.6 Å². The third-order valence-corrected chi connectivity index (χ3v) is 4.48. The Kier molecular flexibility index (Phi) is 3.53. The molecule has 1 saturated carbocycles. The number of rotatable bonds is 4. The number of carbonyl (C=O) groups excluding carboxylic acids is 1. The van der Waals surface area contributed by atoms with E-state index in [1.807, 2.05) is 11.8 Å². The second-order valence-electron chi connectivity index (χ2n) is 4.19. The third kappa shape index (κ3) is 2.86. The van der Waals surface area contributed by atoms with Crippen LogP contribution in [-0.2, 0) is 9.53 Å². The Balaban J connectivity index is 1.72. The first-order valence-corrected chi connectivity index (χ1v) is 6.62. The largest absolute Gasteiger partial charge is 0.378 e. The van der Waals surface area contributed by atoms with Gasteiger partial charge in [-0.1, -0.05) is 0 Å². The van der Waals surface area contributed by atoms with Crippen LogP contribution in [0.3, 0.4) is 0 Å². The van der Waals surface area contributed by atoms with Crippen molar-refractivity contribution < 1.29 is 9.53 Å². The lowest BCUT2D eigenvalue weighted by Crippen LogP contribution is -2.52. The predicted molar refractivity (Wildman–Crippen MR) is 61.1 cm³/mol. The Bertz CT molecular complexity index is 238. The lowest BCUT2D eigenvalue weighted by atomic mass is 10.2. The number of hydrogen-bond donors (Lipinski definition) is 2. The van der Waals surface area contributed by atoms with Crippen LogP contribution < -0.4 is 10.6 Å². The van der Waals surface area contributed by atoms with Crippen molar-refractivity contribution in [3.05, 3.63) is 0 Å². The topological polar surface area (TPSA) is 50.4 Å². The van der Waals surface area contributed by atoms with Gasteiger partial charge in [0.25, 0.3) is 0 Å². The van der Waals surface area contributed by atoms with E-state index in [-0.39, 0.29) is 11.9 Å². The van der Waals surface area contributed by atoms with Crippen molar-refractivity contribution in [2.75, 3.05) is 32.6 Å². The van der Waals surface area contributed by atoms with Crippen LogP contribution in [0.25, 0.3) is 0 Å². The highest BCUT2D eigenvalue weighted by molar-refractivity contribution is 8.00. The van der Waals surface area contributed by atoms with E-state index in [0.29, 0.717) is 18.0 Å². The minimum absolute atomic E-state index is 0.0787. The fourth-order valence-electron chi connectivity index (χ4n) is 1.70. The maximum absolute atomic E-state index is 11.7. The summed E-state index contributed by atoms with van der Waals surface area (Å²) in [6, 6.07) is -0.156. The van der Waals surface area contributed by atoms with Gasteiger partial charge in [-0.05, 0) is 19.1 Å². The number of ether oxygens (including phenoxy) is 1. The van der Waals surface area contributed by atoms with E-state index in [0.717, 1.165) is 13.1 Å². The zero-order valence-electron chi connectivity index (χ0n) is 9.04. The average Bonchev–Trinajstić information content (AvgIpc) is 3.08. The highest BCUT2D eigenvalue weighted by Gasteiger charge is 2.42. The molecule has 1 aliphatic heterocycles. The van der Waals surface area contributed by atoms with E-state index < -0.39 is 0 Å². The van der Waals surface area contributed by atoms with Crippen LogP contribution in [0.15, 0.2) is 0 Å². The molecule has 2 aliphatic rings. The molecule has 0 bridgehead atoms. The average molecular weight is 230 g/mol. The van der Waals surface area contributed by atoms with Gasteiger partial charge < -0.3 is 15.4 Å². The molecule has 1 atom stereocenters. The summed E-state index contributed by atoms with van der Waals surface area (Å²) in [7, 11) is 0. The van der Waals surface area contributed by atoms with Gasteiger partial charge in [-0.25, -0.2) is 0 Å². The molecule has 5 heteroatoms. The summed E-state index contributed by atoms with van der Waals surface area (Å²) in [6.07, 6.45) is 4.56. The number of amides is 1. The molecule has 1 amide bonds. The summed E-state index contributed by atoms with van der Waals surface area (Å²) in [5.41, 5.74) is 0.